The molecule has 3 heterocycles. The van der Waals surface area contributed by atoms with Gasteiger partial charge in [0, 0.05) is 44.0 Å². The molecule has 3 aromatic heterocycles. The summed E-state index contributed by atoms with van der Waals surface area (Å²) in [5.74, 6) is 0. The Kier molecular flexibility index (Phi) is 7.60. The van der Waals surface area contributed by atoms with E-state index in [1.807, 2.05) is 0 Å². The van der Waals surface area contributed by atoms with E-state index in [0.717, 1.165) is 55.7 Å². The Morgan fingerprint density at radius 2 is 0.726 bits per heavy atom. The molecule has 0 N–H and O–H groups in total. The number of nitrogens with zero attached hydrogens (tertiary/aromatic N) is 3. The molecule has 3 nitrogen and oxygen atoms in total. The Balaban J connectivity index is 1.11. The van der Waals surface area contributed by atoms with E-state index in [4.69, 9.17) is 4.98 Å². The van der Waals surface area contributed by atoms with E-state index in [0.29, 0.717) is 0 Å². The number of benzene rings is 10. The lowest BCUT2D eigenvalue weighted by atomic mass is 9.93. The Morgan fingerprint density at radius 3 is 1.37 bits per heavy atom. The number of fused-ring (bicyclic) bond motifs is 9. The Bertz CT molecular complexity index is 3820. The highest BCUT2D eigenvalue weighted by Gasteiger charge is 2.21. The molecule has 0 atom stereocenters. The summed E-state index contributed by atoms with van der Waals surface area (Å²) in [5, 5.41) is 12.1. The number of para-hydroxylation sites is 3. The first-order chi connectivity index (χ1) is 30.7. The average Bonchev–Trinajstić information content (AvgIpc) is 3.84. The average molecular weight is 788 g/mol. The van der Waals surface area contributed by atoms with Crippen molar-refractivity contribution >= 4 is 75.9 Å². The van der Waals surface area contributed by atoms with Gasteiger partial charge < -0.3 is 9.13 Å². The highest BCUT2D eigenvalue weighted by molar-refractivity contribution is 6.19. The van der Waals surface area contributed by atoms with Crippen molar-refractivity contribution in [1.29, 1.82) is 0 Å². The zero-order valence-corrected chi connectivity index (χ0v) is 33.7. The summed E-state index contributed by atoms with van der Waals surface area (Å²) in [7, 11) is 0. The zero-order chi connectivity index (χ0) is 40.7. The van der Waals surface area contributed by atoms with E-state index in [2.05, 4.69) is 234 Å². The smallest absolute Gasteiger partial charge is 0.0722 e. The van der Waals surface area contributed by atoms with Crippen LogP contribution in [0.2, 0.25) is 0 Å². The van der Waals surface area contributed by atoms with Crippen molar-refractivity contribution in [2.24, 2.45) is 0 Å². The summed E-state index contributed by atoms with van der Waals surface area (Å²) in [6.45, 7) is 0. The summed E-state index contributed by atoms with van der Waals surface area (Å²) in [6.07, 6.45) is 0. The van der Waals surface area contributed by atoms with Crippen molar-refractivity contribution in [1.82, 2.24) is 14.1 Å². The van der Waals surface area contributed by atoms with Crippen molar-refractivity contribution < 1.29 is 0 Å². The maximum Gasteiger partial charge on any atom is 0.0722 e. The van der Waals surface area contributed by atoms with Crippen LogP contribution >= 0.6 is 0 Å². The van der Waals surface area contributed by atoms with E-state index in [1.54, 1.807) is 0 Å². The summed E-state index contributed by atoms with van der Waals surface area (Å²) in [4.78, 5) is 5.62. The van der Waals surface area contributed by atoms with Gasteiger partial charge in [-0.15, -0.1) is 0 Å². The fourth-order valence-electron chi connectivity index (χ4n) is 10.1. The van der Waals surface area contributed by atoms with Crippen LogP contribution in [0.15, 0.2) is 224 Å². The molecular weight excluding hydrogens is 751 g/mol. The number of aromatic nitrogens is 3. The van der Waals surface area contributed by atoms with E-state index in [-0.39, 0.29) is 0 Å². The topological polar surface area (TPSA) is 22.8 Å². The maximum atomic E-state index is 5.62. The summed E-state index contributed by atoms with van der Waals surface area (Å²) in [5.41, 5.74) is 13.4. The summed E-state index contributed by atoms with van der Waals surface area (Å²) < 4.78 is 4.88. The van der Waals surface area contributed by atoms with Crippen molar-refractivity contribution in [3.8, 4) is 45.0 Å². The predicted octanol–water partition coefficient (Wildman–Crippen LogP) is 15.7. The minimum Gasteiger partial charge on any atom is -0.309 e. The molecular formula is C59H37N3. The molecule has 0 fully saturated rings. The molecule has 0 aliphatic carbocycles. The molecule has 10 aromatic carbocycles. The summed E-state index contributed by atoms with van der Waals surface area (Å²) >= 11 is 0. The van der Waals surface area contributed by atoms with E-state index >= 15 is 0 Å². The van der Waals surface area contributed by atoms with Crippen LogP contribution in [0, 0.1) is 0 Å². The second-order valence-electron chi connectivity index (χ2n) is 16.3. The molecule has 3 heteroatoms. The lowest BCUT2D eigenvalue weighted by molar-refractivity contribution is 1.17. The first kappa shape index (κ1) is 34.6. The molecule has 0 saturated carbocycles. The molecule has 13 aromatic rings. The number of hydrogen-bond acceptors (Lipinski definition) is 1. The molecule has 0 unspecified atom stereocenters. The van der Waals surface area contributed by atoms with Gasteiger partial charge in [-0.1, -0.05) is 164 Å². The Labute approximate surface area is 358 Å². The fraction of sp³-hybridized carbons (Fsp3) is 0. The third-order valence-corrected chi connectivity index (χ3v) is 12.9. The zero-order valence-electron chi connectivity index (χ0n) is 33.7. The van der Waals surface area contributed by atoms with Crippen molar-refractivity contribution in [3.63, 3.8) is 0 Å². The fourth-order valence-corrected chi connectivity index (χ4v) is 10.1. The lowest BCUT2D eigenvalue weighted by Crippen LogP contribution is -1.98. The standard InChI is InChI=1S/C59H37N3/c1-2-21-42(22-3-1)61-56-30-12-10-26-49(56)52-36-53-50-27-11-13-31-57(50)62(59(53)37-58(52)61)43-32-40-18-6-9-25-46(40)51(35-43)55-34-41(47-28-14-19-38-16-4-7-23-44(38)47)33-54(60-55)48-29-15-20-39-17-5-8-24-45(39)48/h1-37H. The number of pyridine rings is 1. The van der Waals surface area contributed by atoms with Gasteiger partial charge >= 0.3 is 0 Å². The molecule has 288 valence electrons. The quantitative estimate of drug-likeness (QED) is 0.170. The van der Waals surface area contributed by atoms with E-state index < -0.39 is 0 Å². The molecule has 0 amide bonds. The molecule has 0 aliphatic heterocycles. The molecule has 62 heavy (non-hydrogen) atoms. The molecule has 13 rings (SSSR count). The Hall–Kier alpha value is -8.27. The number of rotatable bonds is 5. The molecule has 0 radical (unpaired) electrons. The van der Waals surface area contributed by atoms with Crippen molar-refractivity contribution in [2.75, 3.05) is 0 Å². The molecule has 0 aliphatic rings. The van der Waals surface area contributed by atoms with Gasteiger partial charge in [0.25, 0.3) is 0 Å². The highest BCUT2D eigenvalue weighted by atomic mass is 15.0. The minimum atomic E-state index is 0.934. The largest absolute Gasteiger partial charge is 0.309 e. The summed E-state index contributed by atoms with van der Waals surface area (Å²) in [6, 6.07) is 81.7. The first-order valence-corrected chi connectivity index (χ1v) is 21.3. The molecule has 0 saturated heterocycles. The van der Waals surface area contributed by atoms with Crippen LogP contribution < -0.4 is 0 Å². The molecule has 0 spiro atoms. The monoisotopic (exact) mass is 787 g/mol. The van der Waals surface area contributed by atoms with Crippen LogP contribution in [0.4, 0.5) is 0 Å². The first-order valence-electron chi connectivity index (χ1n) is 21.3. The minimum absolute atomic E-state index is 0.934. The van der Waals surface area contributed by atoms with Gasteiger partial charge in [0.2, 0.25) is 0 Å². The SMILES string of the molecule is c1ccc(-n2c3ccccc3c3cc4c5ccccc5n(-c5cc(-c6cc(-c7cccc8ccccc78)cc(-c7cccc8ccccc78)n6)c6ccccc6c5)c4cc32)cc1. The second-order valence-corrected chi connectivity index (χ2v) is 16.3. The van der Waals surface area contributed by atoms with Crippen molar-refractivity contribution in [2.45, 2.75) is 0 Å². The van der Waals surface area contributed by atoms with Crippen LogP contribution in [0.25, 0.3) is 121 Å². The van der Waals surface area contributed by atoms with Gasteiger partial charge in [0.1, 0.15) is 0 Å². The molecule has 0 bridgehead atoms. The van der Waals surface area contributed by atoms with Gasteiger partial charge in [-0.25, -0.2) is 4.98 Å². The van der Waals surface area contributed by atoms with Gasteiger partial charge in [-0.3, -0.25) is 0 Å². The third kappa shape index (κ3) is 5.28. The van der Waals surface area contributed by atoms with E-state index in [9.17, 15) is 0 Å². The van der Waals surface area contributed by atoms with Crippen LogP contribution in [-0.4, -0.2) is 14.1 Å². The van der Waals surface area contributed by atoms with Gasteiger partial charge in [-0.2, -0.15) is 0 Å². The lowest BCUT2D eigenvalue weighted by Gasteiger charge is -2.17. The Morgan fingerprint density at radius 1 is 0.258 bits per heavy atom. The van der Waals surface area contributed by atoms with Crippen LogP contribution in [0.1, 0.15) is 0 Å². The van der Waals surface area contributed by atoms with Crippen molar-refractivity contribution in [3.05, 3.63) is 224 Å². The number of hydrogen-bond donors (Lipinski definition) is 0. The second kappa shape index (κ2) is 13.6. The van der Waals surface area contributed by atoms with Crippen LogP contribution in [-0.2, 0) is 0 Å². The third-order valence-electron chi connectivity index (χ3n) is 12.9. The predicted molar refractivity (Wildman–Crippen MR) is 262 cm³/mol. The van der Waals surface area contributed by atoms with Gasteiger partial charge in [-0.05, 0) is 104 Å². The maximum absolute atomic E-state index is 5.62. The normalized spacial score (nSPS) is 11.9. The van der Waals surface area contributed by atoms with Crippen LogP contribution in [0.5, 0.6) is 0 Å². The highest BCUT2D eigenvalue weighted by Crippen LogP contribution is 2.43. The van der Waals surface area contributed by atoms with E-state index in [1.165, 1.54) is 65.2 Å². The van der Waals surface area contributed by atoms with Gasteiger partial charge in [0.15, 0.2) is 0 Å². The van der Waals surface area contributed by atoms with Crippen LogP contribution in [0.3, 0.4) is 0 Å². The van der Waals surface area contributed by atoms with Gasteiger partial charge in [0.05, 0.1) is 33.5 Å².